The van der Waals surface area contributed by atoms with Crippen LogP contribution < -0.4 is 5.32 Å². The van der Waals surface area contributed by atoms with Gasteiger partial charge in [0.05, 0.1) is 0 Å². The molecule has 3 unspecified atom stereocenters. The van der Waals surface area contributed by atoms with Crippen molar-refractivity contribution in [2.75, 3.05) is 0 Å². The van der Waals surface area contributed by atoms with E-state index in [4.69, 9.17) is 0 Å². The molecule has 1 aliphatic rings. The van der Waals surface area contributed by atoms with Crippen molar-refractivity contribution in [1.29, 1.82) is 0 Å². The molecule has 14 heavy (non-hydrogen) atoms. The SMILES string of the molecule is CCC(C)C(=O)NC1CCCCC1C. The van der Waals surface area contributed by atoms with Crippen molar-refractivity contribution in [2.45, 2.75) is 58.9 Å². The van der Waals surface area contributed by atoms with Crippen LogP contribution in [-0.2, 0) is 4.79 Å². The maximum Gasteiger partial charge on any atom is 0.223 e. The van der Waals surface area contributed by atoms with Gasteiger partial charge in [0.15, 0.2) is 0 Å². The van der Waals surface area contributed by atoms with E-state index in [0.717, 1.165) is 6.42 Å². The van der Waals surface area contributed by atoms with Gasteiger partial charge < -0.3 is 5.32 Å². The minimum Gasteiger partial charge on any atom is -0.353 e. The van der Waals surface area contributed by atoms with E-state index in [2.05, 4.69) is 19.2 Å². The Bertz CT molecular complexity index is 191. The maximum atomic E-state index is 11.7. The number of carbonyl (C=O) groups is 1. The summed E-state index contributed by atoms with van der Waals surface area (Å²) in [4.78, 5) is 11.7. The first-order valence-electron chi connectivity index (χ1n) is 5.95. The van der Waals surface area contributed by atoms with Crippen molar-refractivity contribution in [3.63, 3.8) is 0 Å². The lowest BCUT2D eigenvalue weighted by atomic mass is 9.85. The highest BCUT2D eigenvalue weighted by Crippen LogP contribution is 2.24. The molecule has 0 saturated heterocycles. The lowest BCUT2D eigenvalue weighted by Crippen LogP contribution is -2.43. The van der Waals surface area contributed by atoms with Gasteiger partial charge in [0.1, 0.15) is 0 Å². The van der Waals surface area contributed by atoms with Crippen LogP contribution in [0.4, 0.5) is 0 Å². The van der Waals surface area contributed by atoms with Gasteiger partial charge in [-0.2, -0.15) is 0 Å². The van der Waals surface area contributed by atoms with Gasteiger partial charge in [-0.15, -0.1) is 0 Å². The first kappa shape index (κ1) is 11.5. The third-order valence-electron chi connectivity index (χ3n) is 3.50. The maximum absolute atomic E-state index is 11.7. The second kappa shape index (κ2) is 5.38. The number of rotatable bonds is 3. The molecule has 1 aliphatic carbocycles. The van der Waals surface area contributed by atoms with Gasteiger partial charge in [0.2, 0.25) is 5.91 Å². The van der Waals surface area contributed by atoms with E-state index in [1.54, 1.807) is 0 Å². The second-order valence-corrected chi connectivity index (χ2v) is 4.69. The monoisotopic (exact) mass is 197 g/mol. The Morgan fingerprint density at radius 1 is 1.43 bits per heavy atom. The molecular weight excluding hydrogens is 174 g/mol. The number of nitrogens with one attached hydrogen (secondary N) is 1. The zero-order chi connectivity index (χ0) is 10.6. The van der Waals surface area contributed by atoms with E-state index in [1.807, 2.05) is 6.92 Å². The van der Waals surface area contributed by atoms with Gasteiger partial charge >= 0.3 is 0 Å². The molecule has 0 spiro atoms. The fourth-order valence-corrected chi connectivity index (χ4v) is 2.04. The molecule has 1 fully saturated rings. The third kappa shape index (κ3) is 3.00. The van der Waals surface area contributed by atoms with E-state index >= 15 is 0 Å². The second-order valence-electron chi connectivity index (χ2n) is 4.69. The normalized spacial score (nSPS) is 29.6. The molecule has 0 radical (unpaired) electrons. The molecular formula is C12H23NO. The van der Waals surface area contributed by atoms with Crippen molar-refractivity contribution in [3.8, 4) is 0 Å². The molecule has 0 aromatic heterocycles. The highest BCUT2D eigenvalue weighted by molar-refractivity contribution is 5.78. The topological polar surface area (TPSA) is 29.1 Å². The molecule has 0 aromatic rings. The highest BCUT2D eigenvalue weighted by atomic mass is 16.1. The Balaban J connectivity index is 2.38. The predicted molar refractivity (Wildman–Crippen MR) is 59.0 cm³/mol. The smallest absolute Gasteiger partial charge is 0.223 e. The van der Waals surface area contributed by atoms with Gasteiger partial charge in [-0.25, -0.2) is 0 Å². The summed E-state index contributed by atoms with van der Waals surface area (Å²) >= 11 is 0. The van der Waals surface area contributed by atoms with Crippen LogP contribution in [0.15, 0.2) is 0 Å². The van der Waals surface area contributed by atoms with E-state index < -0.39 is 0 Å². The summed E-state index contributed by atoms with van der Waals surface area (Å²) in [5.41, 5.74) is 0. The van der Waals surface area contributed by atoms with Crippen LogP contribution in [0.25, 0.3) is 0 Å². The Morgan fingerprint density at radius 2 is 2.07 bits per heavy atom. The highest BCUT2D eigenvalue weighted by Gasteiger charge is 2.23. The summed E-state index contributed by atoms with van der Waals surface area (Å²) in [5.74, 6) is 1.08. The first-order chi connectivity index (χ1) is 6.65. The van der Waals surface area contributed by atoms with E-state index in [9.17, 15) is 4.79 Å². The Hall–Kier alpha value is -0.530. The molecule has 2 nitrogen and oxygen atoms in total. The summed E-state index contributed by atoms with van der Waals surface area (Å²) in [6, 6.07) is 0.435. The number of amides is 1. The molecule has 1 saturated carbocycles. The standard InChI is InChI=1S/C12H23NO/c1-4-9(2)12(14)13-11-8-6-5-7-10(11)3/h9-11H,4-8H2,1-3H3,(H,13,14). The molecule has 0 aliphatic heterocycles. The van der Waals surface area contributed by atoms with Crippen LogP contribution in [-0.4, -0.2) is 11.9 Å². The van der Waals surface area contributed by atoms with Crippen LogP contribution in [0.5, 0.6) is 0 Å². The molecule has 0 heterocycles. The van der Waals surface area contributed by atoms with Gasteiger partial charge in [0, 0.05) is 12.0 Å². The van der Waals surface area contributed by atoms with Crippen LogP contribution >= 0.6 is 0 Å². The molecule has 2 heteroatoms. The Kier molecular flexibility index (Phi) is 4.43. The van der Waals surface area contributed by atoms with Gasteiger partial charge in [-0.3, -0.25) is 4.79 Å². The quantitative estimate of drug-likeness (QED) is 0.740. The number of carbonyl (C=O) groups excluding carboxylic acids is 1. The summed E-state index contributed by atoms with van der Waals surface area (Å²) in [5, 5.41) is 3.18. The lowest BCUT2D eigenvalue weighted by molar-refractivity contribution is -0.125. The molecule has 0 aromatic carbocycles. The largest absolute Gasteiger partial charge is 0.353 e. The molecule has 82 valence electrons. The van der Waals surface area contributed by atoms with Crippen LogP contribution in [0.3, 0.4) is 0 Å². The summed E-state index contributed by atoms with van der Waals surface area (Å²) < 4.78 is 0. The van der Waals surface area contributed by atoms with Crippen molar-refractivity contribution in [3.05, 3.63) is 0 Å². The zero-order valence-corrected chi connectivity index (χ0v) is 9.68. The minimum atomic E-state index is 0.170. The summed E-state index contributed by atoms with van der Waals surface area (Å²) in [6.07, 6.45) is 5.98. The minimum absolute atomic E-state index is 0.170. The average molecular weight is 197 g/mol. The van der Waals surface area contributed by atoms with E-state index in [0.29, 0.717) is 12.0 Å². The third-order valence-corrected chi connectivity index (χ3v) is 3.50. The zero-order valence-electron chi connectivity index (χ0n) is 9.68. The molecule has 1 N–H and O–H groups in total. The van der Waals surface area contributed by atoms with Crippen molar-refractivity contribution in [2.24, 2.45) is 11.8 Å². The fraction of sp³-hybridized carbons (Fsp3) is 0.917. The predicted octanol–water partition coefficient (Wildman–Crippen LogP) is 2.73. The fourth-order valence-electron chi connectivity index (χ4n) is 2.04. The molecule has 1 rings (SSSR count). The average Bonchev–Trinajstić information content (AvgIpc) is 2.20. The van der Waals surface area contributed by atoms with Crippen LogP contribution in [0, 0.1) is 11.8 Å². The van der Waals surface area contributed by atoms with Gasteiger partial charge in [-0.05, 0) is 25.2 Å². The van der Waals surface area contributed by atoms with E-state index in [-0.39, 0.29) is 11.8 Å². The van der Waals surface area contributed by atoms with Gasteiger partial charge in [-0.1, -0.05) is 33.6 Å². The molecule has 1 amide bonds. The van der Waals surface area contributed by atoms with Crippen molar-refractivity contribution in [1.82, 2.24) is 5.32 Å². The van der Waals surface area contributed by atoms with Crippen molar-refractivity contribution < 1.29 is 4.79 Å². The van der Waals surface area contributed by atoms with E-state index in [1.165, 1.54) is 25.7 Å². The molecule has 3 atom stereocenters. The Labute approximate surface area is 87.5 Å². The van der Waals surface area contributed by atoms with Crippen LogP contribution in [0.2, 0.25) is 0 Å². The summed E-state index contributed by atoms with van der Waals surface area (Å²) in [7, 11) is 0. The number of hydrogen-bond acceptors (Lipinski definition) is 1. The number of hydrogen-bond donors (Lipinski definition) is 1. The van der Waals surface area contributed by atoms with Gasteiger partial charge in [0.25, 0.3) is 0 Å². The van der Waals surface area contributed by atoms with Crippen LogP contribution in [0.1, 0.15) is 52.9 Å². The molecule has 0 bridgehead atoms. The first-order valence-corrected chi connectivity index (χ1v) is 5.95. The summed E-state index contributed by atoms with van der Waals surface area (Å²) in [6.45, 7) is 6.32. The van der Waals surface area contributed by atoms with Crippen molar-refractivity contribution >= 4 is 5.91 Å². The Morgan fingerprint density at radius 3 is 2.64 bits per heavy atom. The lowest BCUT2D eigenvalue weighted by Gasteiger charge is -2.30.